The number of aromatic nitrogens is 1. The van der Waals surface area contributed by atoms with Crippen LogP contribution in [-0.4, -0.2) is 23.5 Å². The first-order chi connectivity index (χ1) is 11.8. The Labute approximate surface area is 156 Å². The van der Waals surface area contributed by atoms with Gasteiger partial charge in [0.1, 0.15) is 5.15 Å². The quantitative estimate of drug-likeness (QED) is 0.627. The fourth-order valence-electron chi connectivity index (χ4n) is 2.43. The van der Waals surface area contributed by atoms with Crippen molar-refractivity contribution in [2.24, 2.45) is 0 Å². The molecule has 7 heteroatoms. The van der Waals surface area contributed by atoms with E-state index in [0.717, 1.165) is 5.56 Å². The summed E-state index contributed by atoms with van der Waals surface area (Å²) in [6.07, 6.45) is 0. The summed E-state index contributed by atoms with van der Waals surface area (Å²) in [5, 5.41) is 3.35. The Morgan fingerprint density at radius 2 is 1.92 bits per heavy atom. The Hall–Kier alpha value is -2.11. The molecule has 0 aliphatic heterocycles. The van der Waals surface area contributed by atoms with E-state index in [9.17, 15) is 9.59 Å². The molecular formula is C18H18Cl2N2O3. The maximum absolute atomic E-state index is 12.2. The molecule has 0 fully saturated rings. The summed E-state index contributed by atoms with van der Waals surface area (Å²) in [6, 6.07) is 8.62. The van der Waals surface area contributed by atoms with Crippen molar-refractivity contribution >= 4 is 35.1 Å². The van der Waals surface area contributed by atoms with Crippen molar-refractivity contribution in [3.05, 3.63) is 62.9 Å². The van der Waals surface area contributed by atoms with Crippen LogP contribution in [0.2, 0.25) is 10.2 Å². The second kappa shape index (κ2) is 8.32. The van der Waals surface area contributed by atoms with Crippen molar-refractivity contribution in [3.63, 3.8) is 0 Å². The van der Waals surface area contributed by atoms with Crippen LogP contribution in [0, 0.1) is 13.8 Å². The van der Waals surface area contributed by atoms with Gasteiger partial charge >= 0.3 is 5.97 Å². The molecule has 0 saturated heterocycles. The van der Waals surface area contributed by atoms with Crippen LogP contribution in [0.25, 0.3) is 0 Å². The Kier molecular flexibility index (Phi) is 6.39. The van der Waals surface area contributed by atoms with Gasteiger partial charge in [-0.2, -0.15) is 0 Å². The number of nitrogens with zero attached hydrogens (tertiary/aromatic N) is 1. The average Bonchev–Trinajstić information content (AvgIpc) is 2.52. The number of carbonyl (C=O) groups excluding carboxylic acids is 2. The van der Waals surface area contributed by atoms with Crippen molar-refractivity contribution in [1.29, 1.82) is 0 Å². The zero-order chi connectivity index (χ0) is 18.6. The van der Waals surface area contributed by atoms with Gasteiger partial charge in [-0.15, -0.1) is 0 Å². The molecular weight excluding hydrogens is 363 g/mol. The van der Waals surface area contributed by atoms with E-state index in [4.69, 9.17) is 27.9 Å². The molecule has 1 aromatic carbocycles. The van der Waals surface area contributed by atoms with Gasteiger partial charge in [0.05, 0.1) is 11.6 Å². The highest BCUT2D eigenvalue weighted by atomic mass is 35.5. The van der Waals surface area contributed by atoms with Crippen molar-refractivity contribution in [2.45, 2.75) is 26.8 Å². The van der Waals surface area contributed by atoms with Gasteiger partial charge in [-0.1, -0.05) is 41.4 Å². The number of carbonyl (C=O) groups is 2. The molecule has 132 valence electrons. The predicted molar refractivity (Wildman–Crippen MR) is 97.0 cm³/mol. The predicted octanol–water partition coefficient (Wildman–Crippen LogP) is 4.04. The van der Waals surface area contributed by atoms with E-state index in [1.165, 1.54) is 0 Å². The monoisotopic (exact) mass is 380 g/mol. The molecule has 25 heavy (non-hydrogen) atoms. The lowest BCUT2D eigenvalue weighted by Crippen LogP contribution is -2.31. The van der Waals surface area contributed by atoms with Gasteiger partial charge in [-0.25, -0.2) is 9.78 Å². The number of aryl methyl sites for hydroxylation is 2. The Morgan fingerprint density at radius 1 is 1.24 bits per heavy atom. The third kappa shape index (κ3) is 4.94. The van der Waals surface area contributed by atoms with Crippen LogP contribution in [0.15, 0.2) is 30.3 Å². The summed E-state index contributed by atoms with van der Waals surface area (Å²) >= 11 is 12.1. The Balaban J connectivity index is 1.96. The van der Waals surface area contributed by atoms with Gasteiger partial charge in [0.2, 0.25) is 0 Å². The van der Waals surface area contributed by atoms with Gasteiger partial charge < -0.3 is 10.1 Å². The minimum Gasteiger partial charge on any atom is -0.452 e. The number of nitrogens with one attached hydrogen (secondary N) is 1. The fraction of sp³-hybridized carbons (Fsp3) is 0.278. The molecule has 1 heterocycles. The zero-order valence-electron chi connectivity index (χ0n) is 14.1. The molecule has 2 aromatic rings. The summed E-state index contributed by atoms with van der Waals surface area (Å²) in [7, 11) is 0. The first kappa shape index (κ1) is 19.2. The number of rotatable bonds is 5. The van der Waals surface area contributed by atoms with Crippen LogP contribution in [0.5, 0.6) is 0 Å². The molecule has 5 nitrogen and oxygen atoms in total. The number of halogens is 2. The van der Waals surface area contributed by atoms with Crippen LogP contribution >= 0.6 is 23.2 Å². The normalized spacial score (nSPS) is 11.7. The number of amides is 1. The van der Waals surface area contributed by atoms with Crippen molar-refractivity contribution in [3.8, 4) is 0 Å². The van der Waals surface area contributed by atoms with Gasteiger partial charge in [0, 0.05) is 10.7 Å². The van der Waals surface area contributed by atoms with E-state index < -0.39 is 18.5 Å². The molecule has 2 rings (SSSR count). The number of hydrogen-bond acceptors (Lipinski definition) is 4. The summed E-state index contributed by atoms with van der Waals surface area (Å²) in [6.45, 7) is 4.89. The van der Waals surface area contributed by atoms with Crippen molar-refractivity contribution in [2.75, 3.05) is 6.61 Å². The number of ether oxygens (including phenoxy) is 1. The van der Waals surface area contributed by atoms with Crippen LogP contribution in [-0.2, 0) is 9.53 Å². The smallest absolute Gasteiger partial charge is 0.342 e. The summed E-state index contributed by atoms with van der Waals surface area (Å²) in [5.74, 6) is -1.12. The molecule has 1 aromatic heterocycles. The van der Waals surface area contributed by atoms with Crippen molar-refractivity contribution in [1.82, 2.24) is 10.3 Å². The summed E-state index contributed by atoms with van der Waals surface area (Å²) in [5.41, 5.74) is 2.29. The van der Waals surface area contributed by atoms with Crippen LogP contribution < -0.4 is 5.32 Å². The summed E-state index contributed by atoms with van der Waals surface area (Å²) in [4.78, 5) is 28.2. The van der Waals surface area contributed by atoms with Gasteiger partial charge in [0.25, 0.3) is 5.91 Å². The van der Waals surface area contributed by atoms with E-state index in [1.807, 2.05) is 18.2 Å². The lowest BCUT2D eigenvalue weighted by molar-refractivity contribution is -0.124. The first-order valence-corrected chi connectivity index (χ1v) is 8.40. The van der Waals surface area contributed by atoms with Crippen LogP contribution in [0.4, 0.5) is 0 Å². The summed E-state index contributed by atoms with van der Waals surface area (Å²) < 4.78 is 5.05. The van der Waals surface area contributed by atoms with E-state index in [2.05, 4.69) is 10.3 Å². The molecule has 1 atom stereocenters. The molecule has 1 N–H and O–H groups in total. The maximum atomic E-state index is 12.2. The Bertz CT molecular complexity index is 786. The molecule has 0 spiro atoms. The highest BCUT2D eigenvalue weighted by Crippen LogP contribution is 2.22. The van der Waals surface area contributed by atoms with E-state index in [-0.39, 0.29) is 16.8 Å². The van der Waals surface area contributed by atoms with Crippen LogP contribution in [0.3, 0.4) is 0 Å². The maximum Gasteiger partial charge on any atom is 0.342 e. The minimum absolute atomic E-state index is 0.0624. The standard InChI is InChI=1S/C18H18Cl2N2O3/c1-10-8-11(2)21-17(20)16(10)18(24)25-9-15(23)22-12(3)13-6-4-5-7-14(13)19/h4-8,12H,9H2,1-3H3,(H,22,23)/t12-/m0/s1. The number of benzene rings is 1. The third-order valence-corrected chi connectivity index (χ3v) is 4.21. The molecule has 0 radical (unpaired) electrons. The fourth-order valence-corrected chi connectivity index (χ4v) is 3.09. The molecule has 0 saturated carbocycles. The molecule has 0 bridgehead atoms. The van der Waals surface area contributed by atoms with Crippen molar-refractivity contribution < 1.29 is 14.3 Å². The van der Waals surface area contributed by atoms with Crippen LogP contribution in [0.1, 0.15) is 40.1 Å². The average molecular weight is 381 g/mol. The molecule has 1 amide bonds. The largest absolute Gasteiger partial charge is 0.452 e. The van der Waals surface area contributed by atoms with E-state index in [1.54, 1.807) is 32.9 Å². The molecule has 0 unspecified atom stereocenters. The van der Waals surface area contributed by atoms with Gasteiger partial charge in [0.15, 0.2) is 6.61 Å². The zero-order valence-corrected chi connectivity index (χ0v) is 15.6. The topological polar surface area (TPSA) is 68.3 Å². The third-order valence-electron chi connectivity index (χ3n) is 3.59. The minimum atomic E-state index is -0.685. The van der Waals surface area contributed by atoms with Gasteiger partial charge in [-0.3, -0.25) is 4.79 Å². The number of esters is 1. The SMILES string of the molecule is Cc1cc(C)c(C(=O)OCC(=O)N[C@@H](C)c2ccccc2Cl)c(Cl)n1. The molecule has 0 aliphatic rings. The second-order valence-corrected chi connectivity index (χ2v) is 6.40. The lowest BCUT2D eigenvalue weighted by atomic mass is 10.1. The van der Waals surface area contributed by atoms with E-state index >= 15 is 0 Å². The second-order valence-electron chi connectivity index (χ2n) is 5.63. The Morgan fingerprint density at radius 3 is 2.56 bits per heavy atom. The highest BCUT2D eigenvalue weighted by molar-refractivity contribution is 6.32. The van der Waals surface area contributed by atoms with Gasteiger partial charge in [-0.05, 0) is 44.0 Å². The first-order valence-electron chi connectivity index (χ1n) is 7.64. The van der Waals surface area contributed by atoms with E-state index in [0.29, 0.717) is 16.3 Å². The molecule has 0 aliphatic carbocycles. The lowest BCUT2D eigenvalue weighted by Gasteiger charge is -2.16. The highest BCUT2D eigenvalue weighted by Gasteiger charge is 2.19. The number of pyridine rings is 1. The number of hydrogen-bond donors (Lipinski definition) is 1.